The van der Waals surface area contributed by atoms with Gasteiger partial charge in [0, 0.05) is 11.6 Å². The second-order valence-electron chi connectivity index (χ2n) is 6.32. The molecule has 8 heteroatoms. The normalized spacial score (nSPS) is 11.2. The molecule has 6 nitrogen and oxygen atoms in total. The van der Waals surface area contributed by atoms with Gasteiger partial charge in [0.15, 0.2) is 6.61 Å². The van der Waals surface area contributed by atoms with Crippen LogP contribution in [0.15, 0.2) is 94.2 Å². The Morgan fingerprint density at radius 1 is 0.933 bits per heavy atom. The van der Waals surface area contributed by atoms with Crippen LogP contribution in [-0.2, 0) is 16.6 Å². The first kappa shape index (κ1) is 19.7. The quantitative estimate of drug-likeness (QED) is 0.458. The number of hydrogen-bond donors (Lipinski definition) is 1. The molecule has 0 aliphatic heterocycles. The second kappa shape index (κ2) is 8.38. The molecule has 0 saturated carbocycles. The third-order valence-corrected chi connectivity index (χ3v) is 5.50. The van der Waals surface area contributed by atoms with Gasteiger partial charge in [-0.3, -0.25) is 0 Å². The molecule has 0 aliphatic carbocycles. The van der Waals surface area contributed by atoms with Gasteiger partial charge < -0.3 is 9.15 Å². The molecule has 0 radical (unpaired) electrons. The molecule has 3 aromatic carbocycles. The highest BCUT2D eigenvalue weighted by molar-refractivity contribution is 7.92. The molecule has 4 rings (SSSR count). The first-order chi connectivity index (χ1) is 14.5. The van der Waals surface area contributed by atoms with Crippen LogP contribution in [0, 0.1) is 5.82 Å². The van der Waals surface area contributed by atoms with E-state index in [-0.39, 0.29) is 23.3 Å². The van der Waals surface area contributed by atoms with Gasteiger partial charge in [-0.1, -0.05) is 54.6 Å². The number of benzene rings is 3. The Balaban J connectivity index is 1.64. The summed E-state index contributed by atoms with van der Waals surface area (Å²) < 4.78 is 52.4. The predicted molar refractivity (Wildman–Crippen MR) is 110 cm³/mol. The minimum atomic E-state index is -3.88. The van der Waals surface area contributed by atoms with E-state index in [0.29, 0.717) is 17.0 Å². The first-order valence-electron chi connectivity index (χ1n) is 9.03. The van der Waals surface area contributed by atoms with Gasteiger partial charge in [0.1, 0.15) is 17.3 Å². The summed E-state index contributed by atoms with van der Waals surface area (Å²) in [7, 11) is -3.88. The third kappa shape index (κ3) is 4.49. The van der Waals surface area contributed by atoms with Crippen molar-refractivity contribution < 1.29 is 22.0 Å². The monoisotopic (exact) mass is 424 g/mol. The van der Waals surface area contributed by atoms with Crippen molar-refractivity contribution in [1.29, 1.82) is 0 Å². The first-order valence-corrected chi connectivity index (χ1v) is 10.5. The smallest absolute Gasteiger partial charge is 0.264 e. The molecule has 4 aromatic rings. The van der Waals surface area contributed by atoms with Gasteiger partial charge in [0.25, 0.3) is 10.0 Å². The number of oxazole rings is 1. The van der Waals surface area contributed by atoms with E-state index in [1.54, 1.807) is 36.4 Å². The molecule has 1 heterocycles. The Morgan fingerprint density at radius 2 is 1.63 bits per heavy atom. The molecule has 0 atom stereocenters. The van der Waals surface area contributed by atoms with Crippen molar-refractivity contribution in [2.24, 2.45) is 0 Å². The maximum atomic E-state index is 13.3. The van der Waals surface area contributed by atoms with Gasteiger partial charge in [0.05, 0.1) is 4.90 Å². The van der Waals surface area contributed by atoms with Crippen LogP contribution in [0.25, 0.3) is 11.3 Å². The molecule has 0 unspecified atom stereocenters. The number of aromatic nitrogens is 1. The van der Waals surface area contributed by atoms with E-state index in [0.717, 1.165) is 0 Å². The largest absolute Gasteiger partial charge is 0.484 e. The Kier molecular flexibility index (Phi) is 5.49. The molecule has 0 amide bonds. The molecule has 0 saturated heterocycles. The summed E-state index contributed by atoms with van der Waals surface area (Å²) in [5.74, 6) is -0.00571. The van der Waals surface area contributed by atoms with Gasteiger partial charge >= 0.3 is 0 Å². The lowest BCUT2D eigenvalue weighted by atomic mass is 10.2. The molecule has 30 heavy (non-hydrogen) atoms. The molecule has 1 N–H and O–H groups in total. The van der Waals surface area contributed by atoms with Crippen LogP contribution in [0.3, 0.4) is 0 Å². The van der Waals surface area contributed by atoms with Crippen molar-refractivity contribution in [3.05, 3.63) is 96.6 Å². The zero-order chi connectivity index (χ0) is 21.0. The van der Waals surface area contributed by atoms with Crippen molar-refractivity contribution in [1.82, 2.24) is 4.98 Å². The SMILES string of the molecule is O=S(=O)(Nc1oc(COc2cccc(F)c2)nc1-c1ccccc1)c1ccccc1. The van der Waals surface area contributed by atoms with Crippen LogP contribution in [0.1, 0.15) is 5.89 Å². The zero-order valence-electron chi connectivity index (χ0n) is 15.7. The molecule has 1 aromatic heterocycles. The fraction of sp³-hybridized carbons (Fsp3) is 0.0455. The summed E-state index contributed by atoms with van der Waals surface area (Å²) in [5.41, 5.74) is 0.997. The van der Waals surface area contributed by atoms with E-state index in [4.69, 9.17) is 9.15 Å². The molecule has 0 bridgehead atoms. The van der Waals surface area contributed by atoms with E-state index in [1.807, 2.05) is 18.2 Å². The Hall–Kier alpha value is -3.65. The third-order valence-electron chi connectivity index (χ3n) is 4.16. The summed E-state index contributed by atoms with van der Waals surface area (Å²) in [5, 5.41) is 0. The highest BCUT2D eigenvalue weighted by atomic mass is 32.2. The Morgan fingerprint density at radius 3 is 2.33 bits per heavy atom. The van der Waals surface area contributed by atoms with Crippen molar-refractivity contribution in [2.45, 2.75) is 11.5 Å². The average Bonchev–Trinajstić information content (AvgIpc) is 3.15. The van der Waals surface area contributed by atoms with E-state index in [1.165, 1.54) is 30.3 Å². The number of hydrogen-bond acceptors (Lipinski definition) is 5. The summed E-state index contributed by atoms with van der Waals surface area (Å²) in [6.07, 6.45) is 0. The number of sulfonamides is 1. The van der Waals surface area contributed by atoms with Crippen LogP contribution in [0.2, 0.25) is 0 Å². The Labute approximate surface area is 173 Å². The fourth-order valence-corrected chi connectivity index (χ4v) is 3.79. The van der Waals surface area contributed by atoms with Crippen molar-refractivity contribution >= 4 is 15.9 Å². The highest BCUT2D eigenvalue weighted by Crippen LogP contribution is 2.30. The predicted octanol–water partition coefficient (Wildman–Crippen LogP) is 4.86. The molecular weight excluding hydrogens is 407 g/mol. The standard InChI is InChI=1S/C22H17FN2O4S/c23-17-10-7-11-18(14-17)28-15-20-24-21(16-8-3-1-4-9-16)22(29-20)25-30(26,27)19-12-5-2-6-13-19/h1-14,25H,15H2. The van der Waals surface area contributed by atoms with Crippen LogP contribution in [-0.4, -0.2) is 13.4 Å². The van der Waals surface area contributed by atoms with Crippen molar-refractivity contribution in [3.8, 4) is 17.0 Å². The number of anilines is 1. The highest BCUT2D eigenvalue weighted by Gasteiger charge is 2.22. The van der Waals surface area contributed by atoms with Crippen LogP contribution < -0.4 is 9.46 Å². The van der Waals surface area contributed by atoms with E-state index >= 15 is 0 Å². The molecule has 0 aliphatic rings. The minimum Gasteiger partial charge on any atom is -0.484 e. The number of nitrogens with zero attached hydrogens (tertiary/aromatic N) is 1. The lowest BCUT2D eigenvalue weighted by molar-refractivity contribution is 0.264. The summed E-state index contributed by atoms with van der Waals surface area (Å²) in [6, 6.07) is 22.6. The van der Waals surface area contributed by atoms with Gasteiger partial charge in [-0.25, -0.2) is 22.5 Å². The molecule has 0 fully saturated rings. The molecule has 152 valence electrons. The van der Waals surface area contributed by atoms with Crippen LogP contribution in [0.4, 0.5) is 10.3 Å². The topological polar surface area (TPSA) is 81.4 Å². The zero-order valence-corrected chi connectivity index (χ0v) is 16.5. The van der Waals surface area contributed by atoms with E-state index < -0.39 is 15.8 Å². The van der Waals surface area contributed by atoms with Gasteiger partial charge in [-0.15, -0.1) is 0 Å². The lowest BCUT2D eigenvalue weighted by Gasteiger charge is -2.06. The summed E-state index contributed by atoms with van der Waals surface area (Å²) in [6.45, 7) is -0.101. The number of rotatable bonds is 7. The molecular formula is C22H17FN2O4S. The summed E-state index contributed by atoms with van der Waals surface area (Å²) >= 11 is 0. The van der Waals surface area contributed by atoms with Gasteiger partial charge in [-0.2, -0.15) is 0 Å². The van der Waals surface area contributed by atoms with Crippen LogP contribution in [0.5, 0.6) is 5.75 Å². The summed E-state index contributed by atoms with van der Waals surface area (Å²) in [4.78, 5) is 4.48. The maximum absolute atomic E-state index is 13.3. The van der Waals surface area contributed by atoms with Gasteiger partial charge in [0.2, 0.25) is 11.8 Å². The average molecular weight is 424 g/mol. The second-order valence-corrected chi connectivity index (χ2v) is 8.00. The van der Waals surface area contributed by atoms with E-state index in [9.17, 15) is 12.8 Å². The Bertz CT molecular complexity index is 1240. The number of nitrogens with one attached hydrogen (secondary N) is 1. The molecule has 0 spiro atoms. The maximum Gasteiger partial charge on any atom is 0.264 e. The van der Waals surface area contributed by atoms with Gasteiger partial charge in [-0.05, 0) is 24.3 Å². The number of ether oxygens (including phenoxy) is 1. The van der Waals surface area contributed by atoms with E-state index in [2.05, 4.69) is 9.71 Å². The lowest BCUT2D eigenvalue weighted by Crippen LogP contribution is -2.12. The van der Waals surface area contributed by atoms with Crippen molar-refractivity contribution in [3.63, 3.8) is 0 Å². The fourth-order valence-electron chi connectivity index (χ4n) is 2.77. The number of halogens is 1. The minimum absolute atomic E-state index is 0.0251. The van der Waals surface area contributed by atoms with Crippen LogP contribution >= 0.6 is 0 Å². The van der Waals surface area contributed by atoms with Crippen molar-refractivity contribution in [2.75, 3.05) is 4.72 Å².